The molecule has 1 aromatic rings. The topological polar surface area (TPSA) is 15.3 Å². The van der Waals surface area contributed by atoms with Crippen molar-refractivity contribution in [3.8, 4) is 0 Å². The summed E-state index contributed by atoms with van der Waals surface area (Å²) in [6.07, 6.45) is 3.95. The van der Waals surface area contributed by atoms with Crippen LogP contribution in [0.1, 0.15) is 30.9 Å². The molecular formula is C15H22N2. The van der Waals surface area contributed by atoms with E-state index >= 15 is 0 Å². The van der Waals surface area contributed by atoms with Crippen LogP contribution in [0.15, 0.2) is 24.3 Å². The second kappa shape index (κ2) is 4.79. The first-order valence-corrected chi connectivity index (χ1v) is 6.87. The maximum absolute atomic E-state index is 3.68. The first kappa shape index (κ1) is 11.2. The number of hydrogen-bond donors (Lipinski definition) is 1. The molecule has 0 aliphatic carbocycles. The molecule has 2 heteroatoms. The van der Waals surface area contributed by atoms with E-state index in [9.17, 15) is 0 Å². The van der Waals surface area contributed by atoms with E-state index in [2.05, 4.69) is 41.4 Å². The van der Waals surface area contributed by atoms with E-state index in [1.54, 1.807) is 5.56 Å². The van der Waals surface area contributed by atoms with Crippen LogP contribution in [0.4, 0.5) is 0 Å². The van der Waals surface area contributed by atoms with Crippen molar-refractivity contribution >= 4 is 0 Å². The lowest BCUT2D eigenvalue weighted by atomic mass is 9.95. The SMILES string of the molecule is CC1CCCN1CC1Cc2ccccc2CN1. The van der Waals surface area contributed by atoms with Gasteiger partial charge in [-0.05, 0) is 43.9 Å². The second-order valence-electron chi connectivity index (χ2n) is 5.54. The van der Waals surface area contributed by atoms with E-state index in [0.29, 0.717) is 6.04 Å². The molecule has 2 heterocycles. The number of benzene rings is 1. The van der Waals surface area contributed by atoms with E-state index < -0.39 is 0 Å². The molecule has 0 amide bonds. The van der Waals surface area contributed by atoms with Gasteiger partial charge in [0.25, 0.3) is 0 Å². The first-order valence-electron chi connectivity index (χ1n) is 6.87. The molecule has 2 aliphatic rings. The summed E-state index contributed by atoms with van der Waals surface area (Å²) < 4.78 is 0. The number of rotatable bonds is 2. The fraction of sp³-hybridized carbons (Fsp3) is 0.600. The Labute approximate surface area is 104 Å². The highest BCUT2D eigenvalue weighted by Crippen LogP contribution is 2.20. The summed E-state index contributed by atoms with van der Waals surface area (Å²) in [5.41, 5.74) is 3.03. The zero-order chi connectivity index (χ0) is 11.7. The average molecular weight is 230 g/mol. The summed E-state index contributed by atoms with van der Waals surface area (Å²) >= 11 is 0. The Kier molecular flexibility index (Phi) is 3.17. The molecule has 17 heavy (non-hydrogen) atoms. The van der Waals surface area contributed by atoms with Crippen molar-refractivity contribution in [1.82, 2.24) is 10.2 Å². The summed E-state index contributed by atoms with van der Waals surface area (Å²) in [7, 11) is 0. The maximum Gasteiger partial charge on any atom is 0.0238 e. The minimum atomic E-state index is 0.644. The molecule has 0 spiro atoms. The number of nitrogens with one attached hydrogen (secondary N) is 1. The molecule has 2 aliphatic heterocycles. The lowest BCUT2D eigenvalue weighted by Crippen LogP contribution is -2.45. The molecule has 0 radical (unpaired) electrons. The van der Waals surface area contributed by atoms with Crippen molar-refractivity contribution in [3.05, 3.63) is 35.4 Å². The Morgan fingerprint density at radius 3 is 2.88 bits per heavy atom. The van der Waals surface area contributed by atoms with Crippen molar-refractivity contribution in [3.63, 3.8) is 0 Å². The summed E-state index contributed by atoms with van der Waals surface area (Å²) in [5, 5.41) is 3.68. The van der Waals surface area contributed by atoms with Crippen molar-refractivity contribution in [2.24, 2.45) is 0 Å². The number of likely N-dealkylation sites (tertiary alicyclic amines) is 1. The molecule has 1 N–H and O–H groups in total. The number of nitrogens with zero attached hydrogens (tertiary/aromatic N) is 1. The molecule has 1 saturated heterocycles. The third-order valence-corrected chi connectivity index (χ3v) is 4.31. The zero-order valence-corrected chi connectivity index (χ0v) is 10.7. The Morgan fingerprint density at radius 1 is 1.29 bits per heavy atom. The van der Waals surface area contributed by atoms with Crippen LogP contribution in [0.5, 0.6) is 0 Å². The van der Waals surface area contributed by atoms with Gasteiger partial charge in [0.1, 0.15) is 0 Å². The molecule has 2 unspecified atom stereocenters. The predicted molar refractivity (Wildman–Crippen MR) is 71.0 cm³/mol. The highest BCUT2D eigenvalue weighted by Gasteiger charge is 2.25. The Morgan fingerprint density at radius 2 is 2.12 bits per heavy atom. The minimum Gasteiger partial charge on any atom is -0.308 e. The Hall–Kier alpha value is -0.860. The molecule has 2 atom stereocenters. The van der Waals surface area contributed by atoms with Gasteiger partial charge in [0.15, 0.2) is 0 Å². The van der Waals surface area contributed by atoms with Gasteiger partial charge in [0.2, 0.25) is 0 Å². The highest BCUT2D eigenvalue weighted by molar-refractivity contribution is 5.29. The summed E-state index contributed by atoms with van der Waals surface area (Å²) in [5.74, 6) is 0. The summed E-state index contributed by atoms with van der Waals surface area (Å²) in [6.45, 7) is 5.92. The van der Waals surface area contributed by atoms with Crippen molar-refractivity contribution in [2.75, 3.05) is 13.1 Å². The van der Waals surface area contributed by atoms with Gasteiger partial charge in [0.05, 0.1) is 0 Å². The predicted octanol–water partition coefficient (Wildman–Crippen LogP) is 2.19. The molecule has 3 rings (SSSR count). The molecule has 2 nitrogen and oxygen atoms in total. The lowest BCUT2D eigenvalue weighted by Gasteiger charge is -2.31. The summed E-state index contributed by atoms with van der Waals surface area (Å²) in [4.78, 5) is 2.64. The van der Waals surface area contributed by atoms with Crippen LogP contribution in [-0.2, 0) is 13.0 Å². The first-order chi connectivity index (χ1) is 8.33. The fourth-order valence-corrected chi connectivity index (χ4v) is 3.20. The van der Waals surface area contributed by atoms with Gasteiger partial charge in [-0.15, -0.1) is 0 Å². The van der Waals surface area contributed by atoms with Gasteiger partial charge in [-0.25, -0.2) is 0 Å². The quantitative estimate of drug-likeness (QED) is 0.838. The zero-order valence-electron chi connectivity index (χ0n) is 10.7. The smallest absolute Gasteiger partial charge is 0.0238 e. The van der Waals surface area contributed by atoms with Crippen LogP contribution in [0, 0.1) is 0 Å². The molecule has 0 bridgehead atoms. The Bertz CT molecular complexity index is 388. The van der Waals surface area contributed by atoms with Gasteiger partial charge in [-0.1, -0.05) is 24.3 Å². The van der Waals surface area contributed by atoms with Crippen LogP contribution < -0.4 is 5.32 Å². The number of fused-ring (bicyclic) bond motifs is 1. The van der Waals surface area contributed by atoms with Crippen LogP contribution in [0.3, 0.4) is 0 Å². The van der Waals surface area contributed by atoms with Crippen molar-refractivity contribution in [2.45, 2.75) is 44.8 Å². The molecule has 0 aromatic heterocycles. The van der Waals surface area contributed by atoms with Crippen LogP contribution in [0.25, 0.3) is 0 Å². The van der Waals surface area contributed by atoms with Crippen molar-refractivity contribution < 1.29 is 0 Å². The largest absolute Gasteiger partial charge is 0.308 e. The summed E-state index contributed by atoms with van der Waals surface area (Å²) in [6, 6.07) is 10.3. The van der Waals surface area contributed by atoms with Gasteiger partial charge < -0.3 is 5.32 Å². The van der Waals surface area contributed by atoms with Crippen molar-refractivity contribution in [1.29, 1.82) is 0 Å². The number of hydrogen-bond acceptors (Lipinski definition) is 2. The normalized spacial score (nSPS) is 29.2. The van der Waals surface area contributed by atoms with Gasteiger partial charge in [0, 0.05) is 25.2 Å². The molecule has 92 valence electrons. The standard InChI is InChI=1S/C15H22N2/c1-12-5-4-8-17(12)11-15-9-13-6-2-3-7-14(13)10-16-15/h2-3,6-7,12,15-16H,4-5,8-11H2,1H3. The van der Waals surface area contributed by atoms with Crippen LogP contribution in [-0.4, -0.2) is 30.1 Å². The molecule has 0 saturated carbocycles. The average Bonchev–Trinajstić information content (AvgIpc) is 2.75. The van der Waals surface area contributed by atoms with E-state index in [1.807, 2.05) is 0 Å². The van der Waals surface area contributed by atoms with E-state index in [4.69, 9.17) is 0 Å². The van der Waals surface area contributed by atoms with Crippen LogP contribution >= 0.6 is 0 Å². The third kappa shape index (κ3) is 2.38. The van der Waals surface area contributed by atoms with Gasteiger partial charge in [-0.2, -0.15) is 0 Å². The highest BCUT2D eigenvalue weighted by atomic mass is 15.2. The molecule has 1 aromatic carbocycles. The van der Waals surface area contributed by atoms with E-state index in [1.165, 1.54) is 37.9 Å². The maximum atomic E-state index is 3.68. The molecular weight excluding hydrogens is 208 g/mol. The van der Waals surface area contributed by atoms with Gasteiger partial charge in [-0.3, -0.25) is 4.90 Å². The third-order valence-electron chi connectivity index (χ3n) is 4.31. The van der Waals surface area contributed by atoms with E-state index in [-0.39, 0.29) is 0 Å². The van der Waals surface area contributed by atoms with Gasteiger partial charge >= 0.3 is 0 Å². The fourth-order valence-electron chi connectivity index (χ4n) is 3.20. The minimum absolute atomic E-state index is 0.644. The van der Waals surface area contributed by atoms with E-state index in [0.717, 1.165) is 12.6 Å². The lowest BCUT2D eigenvalue weighted by molar-refractivity contribution is 0.231. The monoisotopic (exact) mass is 230 g/mol. The Balaban J connectivity index is 1.64. The second-order valence-corrected chi connectivity index (χ2v) is 5.54. The molecule has 1 fully saturated rings. The van der Waals surface area contributed by atoms with Crippen LogP contribution in [0.2, 0.25) is 0 Å².